The summed E-state index contributed by atoms with van der Waals surface area (Å²) in [7, 11) is 0. The third-order valence-corrected chi connectivity index (χ3v) is 1.37. The Morgan fingerprint density at radius 2 is 2.57 bits per heavy atom. The van der Waals surface area contributed by atoms with E-state index in [1.807, 2.05) is 22.6 Å². The molecule has 0 fully saturated rings. The number of halogens is 1. The number of nitrogens with zero attached hydrogens (tertiary/aromatic N) is 1. The second kappa shape index (κ2) is 1.69. The molecule has 1 aromatic rings. The van der Waals surface area contributed by atoms with Crippen LogP contribution in [0.5, 0.6) is 5.75 Å². The lowest BCUT2D eigenvalue weighted by Gasteiger charge is -1.76. The SMILES string of the molecule is Oc1cn[nH]c1I. The molecule has 0 spiro atoms. The van der Waals surface area contributed by atoms with Crippen molar-refractivity contribution in [1.29, 1.82) is 0 Å². The summed E-state index contributed by atoms with van der Waals surface area (Å²) in [4.78, 5) is 0. The molecule has 0 amide bonds. The highest BCUT2D eigenvalue weighted by Crippen LogP contribution is 2.12. The minimum absolute atomic E-state index is 0.209. The first-order valence-electron chi connectivity index (χ1n) is 1.68. The number of nitrogens with one attached hydrogen (secondary N) is 1. The first-order valence-corrected chi connectivity index (χ1v) is 2.76. The molecule has 0 radical (unpaired) electrons. The van der Waals surface area contributed by atoms with Crippen molar-refractivity contribution in [2.24, 2.45) is 0 Å². The molecule has 0 atom stereocenters. The lowest BCUT2D eigenvalue weighted by molar-refractivity contribution is 0.472. The summed E-state index contributed by atoms with van der Waals surface area (Å²) in [5, 5.41) is 14.8. The van der Waals surface area contributed by atoms with Gasteiger partial charge in [0.25, 0.3) is 0 Å². The average Bonchev–Trinajstić information content (AvgIpc) is 1.91. The molecule has 0 aliphatic carbocycles. The van der Waals surface area contributed by atoms with Crippen LogP contribution in [-0.4, -0.2) is 15.3 Å². The van der Waals surface area contributed by atoms with Gasteiger partial charge >= 0.3 is 0 Å². The molecule has 1 aromatic heterocycles. The molecule has 4 heteroatoms. The second-order valence-corrected chi connectivity index (χ2v) is 2.15. The fourth-order valence-electron chi connectivity index (χ4n) is 0.264. The third kappa shape index (κ3) is 0.846. The molecule has 0 unspecified atom stereocenters. The van der Waals surface area contributed by atoms with Gasteiger partial charge in [-0.3, -0.25) is 5.10 Å². The molecule has 7 heavy (non-hydrogen) atoms. The molecule has 0 saturated carbocycles. The van der Waals surface area contributed by atoms with E-state index < -0.39 is 0 Å². The first kappa shape index (κ1) is 4.89. The fraction of sp³-hybridized carbons (Fsp3) is 0. The summed E-state index contributed by atoms with van der Waals surface area (Å²) < 4.78 is 0.678. The van der Waals surface area contributed by atoms with Crippen LogP contribution in [0.2, 0.25) is 0 Å². The Morgan fingerprint density at radius 1 is 1.86 bits per heavy atom. The number of rotatable bonds is 0. The highest BCUT2D eigenvalue weighted by atomic mass is 127. The predicted molar refractivity (Wildman–Crippen MR) is 33.0 cm³/mol. The van der Waals surface area contributed by atoms with Crippen LogP contribution in [-0.2, 0) is 0 Å². The molecule has 0 aromatic carbocycles. The second-order valence-electron chi connectivity index (χ2n) is 1.07. The van der Waals surface area contributed by atoms with Gasteiger partial charge in [0.15, 0.2) is 5.75 Å². The number of aromatic amines is 1. The topological polar surface area (TPSA) is 48.9 Å². The van der Waals surface area contributed by atoms with Crippen LogP contribution < -0.4 is 0 Å². The highest BCUT2D eigenvalue weighted by molar-refractivity contribution is 14.1. The number of aromatic hydroxyl groups is 1. The van der Waals surface area contributed by atoms with Gasteiger partial charge in [0.2, 0.25) is 0 Å². The van der Waals surface area contributed by atoms with Gasteiger partial charge < -0.3 is 5.11 Å². The molecule has 1 heterocycles. The van der Waals surface area contributed by atoms with E-state index in [4.69, 9.17) is 5.11 Å². The third-order valence-electron chi connectivity index (χ3n) is 0.574. The predicted octanol–water partition coefficient (Wildman–Crippen LogP) is 0.720. The maximum Gasteiger partial charge on any atom is 0.167 e. The standard InChI is InChI=1S/C3H3IN2O/c4-3-2(7)1-5-6-3/h1,7H,(H,5,6). The maximum atomic E-state index is 8.66. The van der Waals surface area contributed by atoms with Crippen LogP contribution in [0.15, 0.2) is 6.20 Å². The van der Waals surface area contributed by atoms with Gasteiger partial charge in [0, 0.05) is 0 Å². The zero-order valence-corrected chi connectivity index (χ0v) is 5.51. The Hall–Kier alpha value is -0.260. The van der Waals surface area contributed by atoms with E-state index >= 15 is 0 Å². The molecule has 1 rings (SSSR count). The van der Waals surface area contributed by atoms with Crippen molar-refractivity contribution in [2.45, 2.75) is 0 Å². The summed E-state index contributed by atoms with van der Waals surface area (Å²) in [5.74, 6) is 0.209. The van der Waals surface area contributed by atoms with Crippen molar-refractivity contribution in [1.82, 2.24) is 10.2 Å². The molecular weight excluding hydrogens is 207 g/mol. The van der Waals surface area contributed by atoms with E-state index in [9.17, 15) is 0 Å². The van der Waals surface area contributed by atoms with Crippen LogP contribution in [0.4, 0.5) is 0 Å². The summed E-state index contributed by atoms with van der Waals surface area (Å²) in [6.45, 7) is 0. The lowest BCUT2D eigenvalue weighted by Crippen LogP contribution is -1.65. The Morgan fingerprint density at radius 3 is 2.71 bits per heavy atom. The van der Waals surface area contributed by atoms with Crippen LogP contribution in [0, 0.1) is 3.70 Å². The highest BCUT2D eigenvalue weighted by Gasteiger charge is 1.93. The van der Waals surface area contributed by atoms with Crippen LogP contribution in [0.25, 0.3) is 0 Å². The number of hydrogen-bond donors (Lipinski definition) is 2. The lowest BCUT2D eigenvalue weighted by atomic mass is 10.7. The van der Waals surface area contributed by atoms with Crippen molar-refractivity contribution in [3.05, 3.63) is 9.90 Å². The Bertz CT molecular complexity index is 145. The molecular formula is C3H3IN2O. The van der Waals surface area contributed by atoms with Gasteiger partial charge in [0.1, 0.15) is 3.70 Å². The summed E-state index contributed by atoms with van der Waals surface area (Å²) >= 11 is 1.95. The number of hydrogen-bond acceptors (Lipinski definition) is 2. The van der Waals surface area contributed by atoms with E-state index in [0.29, 0.717) is 3.70 Å². The zero-order valence-electron chi connectivity index (χ0n) is 3.35. The van der Waals surface area contributed by atoms with Crippen LogP contribution >= 0.6 is 22.6 Å². The monoisotopic (exact) mass is 210 g/mol. The minimum Gasteiger partial charge on any atom is -0.504 e. The van der Waals surface area contributed by atoms with E-state index in [2.05, 4.69) is 10.2 Å². The normalized spacial score (nSPS) is 9.29. The van der Waals surface area contributed by atoms with E-state index in [-0.39, 0.29) is 5.75 Å². The Labute approximate surface area is 53.9 Å². The molecule has 0 aliphatic rings. The molecule has 2 N–H and O–H groups in total. The summed E-state index contributed by atoms with van der Waals surface area (Å²) in [5.41, 5.74) is 0. The largest absolute Gasteiger partial charge is 0.504 e. The quantitative estimate of drug-likeness (QED) is 0.619. The van der Waals surface area contributed by atoms with Gasteiger partial charge in [-0.25, -0.2) is 0 Å². The van der Waals surface area contributed by atoms with Gasteiger partial charge in [-0.2, -0.15) is 5.10 Å². The van der Waals surface area contributed by atoms with Gasteiger partial charge in [-0.15, -0.1) is 0 Å². The molecule has 38 valence electrons. The average molecular weight is 210 g/mol. The van der Waals surface area contributed by atoms with Gasteiger partial charge in [0.05, 0.1) is 6.20 Å². The maximum absolute atomic E-state index is 8.66. The zero-order chi connectivity index (χ0) is 5.28. The Kier molecular flexibility index (Phi) is 1.18. The van der Waals surface area contributed by atoms with Crippen molar-refractivity contribution >= 4 is 22.6 Å². The first-order chi connectivity index (χ1) is 3.30. The smallest absolute Gasteiger partial charge is 0.167 e. The van der Waals surface area contributed by atoms with Gasteiger partial charge in [-0.05, 0) is 22.6 Å². The number of H-pyrrole nitrogens is 1. The van der Waals surface area contributed by atoms with Crippen molar-refractivity contribution < 1.29 is 5.11 Å². The molecule has 0 aliphatic heterocycles. The van der Waals surface area contributed by atoms with E-state index in [0.717, 1.165) is 0 Å². The van der Waals surface area contributed by atoms with Crippen LogP contribution in [0.3, 0.4) is 0 Å². The number of aromatic nitrogens is 2. The molecule has 0 bridgehead atoms. The summed E-state index contributed by atoms with van der Waals surface area (Å²) in [6, 6.07) is 0. The molecule has 0 saturated heterocycles. The summed E-state index contributed by atoms with van der Waals surface area (Å²) in [6.07, 6.45) is 1.36. The molecule has 3 nitrogen and oxygen atoms in total. The van der Waals surface area contributed by atoms with Gasteiger partial charge in [-0.1, -0.05) is 0 Å². The Balaban J connectivity index is 3.12. The van der Waals surface area contributed by atoms with E-state index in [1.54, 1.807) is 0 Å². The van der Waals surface area contributed by atoms with E-state index in [1.165, 1.54) is 6.20 Å². The van der Waals surface area contributed by atoms with Crippen LogP contribution in [0.1, 0.15) is 0 Å². The fourth-order valence-corrected chi connectivity index (χ4v) is 0.543. The van der Waals surface area contributed by atoms with Crippen molar-refractivity contribution in [3.63, 3.8) is 0 Å². The van der Waals surface area contributed by atoms with Crippen molar-refractivity contribution in [2.75, 3.05) is 0 Å². The van der Waals surface area contributed by atoms with Crippen molar-refractivity contribution in [3.8, 4) is 5.75 Å². The minimum atomic E-state index is 0.209.